The first-order valence-corrected chi connectivity index (χ1v) is 9.12. The van der Waals surface area contributed by atoms with E-state index in [0.717, 1.165) is 29.3 Å². The molecule has 0 amide bonds. The minimum absolute atomic E-state index is 0.439. The molecule has 134 valence electrons. The first-order valence-electron chi connectivity index (χ1n) is 9.12. The molecule has 0 unspecified atom stereocenters. The van der Waals surface area contributed by atoms with Crippen LogP contribution in [0.5, 0.6) is 5.75 Å². The van der Waals surface area contributed by atoms with Crippen LogP contribution in [0.2, 0.25) is 0 Å². The average Bonchev–Trinajstić information content (AvgIpc) is 3.16. The van der Waals surface area contributed by atoms with E-state index in [2.05, 4.69) is 41.4 Å². The molecule has 0 saturated carbocycles. The largest absolute Gasteiger partial charge is 0.497 e. The predicted molar refractivity (Wildman–Crippen MR) is 102 cm³/mol. The van der Waals surface area contributed by atoms with Crippen LogP contribution in [0.15, 0.2) is 59.1 Å². The van der Waals surface area contributed by atoms with Crippen LogP contribution in [0.3, 0.4) is 0 Å². The molecule has 0 fully saturated rings. The zero-order valence-corrected chi connectivity index (χ0v) is 15.3. The molecule has 26 heavy (non-hydrogen) atoms. The van der Waals surface area contributed by atoms with Gasteiger partial charge in [-0.1, -0.05) is 29.4 Å². The lowest BCUT2D eigenvalue weighted by atomic mass is 9.87. The van der Waals surface area contributed by atoms with E-state index in [-0.39, 0.29) is 0 Å². The molecule has 3 aromatic rings. The van der Waals surface area contributed by atoms with Crippen molar-refractivity contribution >= 4 is 0 Å². The van der Waals surface area contributed by atoms with Gasteiger partial charge in [0.05, 0.1) is 13.7 Å². The van der Waals surface area contributed by atoms with Gasteiger partial charge in [-0.05, 0) is 61.7 Å². The van der Waals surface area contributed by atoms with E-state index >= 15 is 0 Å². The van der Waals surface area contributed by atoms with Gasteiger partial charge in [0.1, 0.15) is 11.4 Å². The molecule has 0 bridgehead atoms. The predicted octanol–water partition coefficient (Wildman–Crippen LogP) is 4.86. The van der Waals surface area contributed by atoms with Crippen LogP contribution >= 0.6 is 0 Å². The summed E-state index contributed by atoms with van der Waals surface area (Å²) in [6, 6.07) is 19.2. The zero-order chi connectivity index (χ0) is 17.9. The number of rotatable bonds is 5. The van der Waals surface area contributed by atoms with E-state index < -0.39 is 0 Å². The number of aromatic nitrogens is 1. The van der Waals surface area contributed by atoms with E-state index in [0.29, 0.717) is 6.04 Å². The van der Waals surface area contributed by atoms with Gasteiger partial charge in [-0.15, -0.1) is 0 Å². The van der Waals surface area contributed by atoms with Crippen LogP contribution in [0.1, 0.15) is 35.8 Å². The number of nitrogens with zero attached hydrogens (tertiary/aromatic N) is 2. The van der Waals surface area contributed by atoms with Crippen LogP contribution < -0.4 is 4.74 Å². The first kappa shape index (κ1) is 16.9. The van der Waals surface area contributed by atoms with Crippen LogP contribution in [0, 0.1) is 0 Å². The van der Waals surface area contributed by atoms with E-state index in [4.69, 9.17) is 9.26 Å². The Balaban J connectivity index is 1.49. The SMILES string of the molecule is COc1ccc(-c2cc(CN(C)[C@H]3CCCc4ccccc43)on2)cc1. The number of hydrogen-bond donors (Lipinski definition) is 0. The fourth-order valence-corrected chi connectivity index (χ4v) is 3.83. The zero-order valence-electron chi connectivity index (χ0n) is 15.3. The van der Waals surface area contributed by atoms with Gasteiger partial charge in [0, 0.05) is 17.7 Å². The Labute approximate surface area is 154 Å². The van der Waals surface area contributed by atoms with Crippen LogP contribution in [-0.4, -0.2) is 24.2 Å². The second-order valence-corrected chi connectivity index (χ2v) is 6.93. The van der Waals surface area contributed by atoms with Crippen molar-refractivity contribution in [3.05, 3.63) is 71.5 Å². The highest BCUT2D eigenvalue weighted by molar-refractivity contribution is 5.59. The lowest BCUT2D eigenvalue weighted by Gasteiger charge is -2.32. The Morgan fingerprint density at radius 2 is 1.96 bits per heavy atom. The molecule has 0 N–H and O–H groups in total. The number of hydrogen-bond acceptors (Lipinski definition) is 4. The van der Waals surface area contributed by atoms with Crippen molar-refractivity contribution in [2.24, 2.45) is 0 Å². The third-order valence-corrected chi connectivity index (χ3v) is 5.22. The third-order valence-electron chi connectivity index (χ3n) is 5.22. The Bertz CT molecular complexity index is 870. The summed E-state index contributed by atoms with van der Waals surface area (Å²) in [5.74, 6) is 1.73. The van der Waals surface area contributed by atoms with E-state index in [1.54, 1.807) is 7.11 Å². The molecule has 1 aromatic heterocycles. The fourth-order valence-electron chi connectivity index (χ4n) is 3.83. The molecule has 4 nitrogen and oxygen atoms in total. The molecule has 1 aliphatic rings. The lowest BCUT2D eigenvalue weighted by Crippen LogP contribution is -2.27. The van der Waals surface area contributed by atoms with Gasteiger partial charge in [0.15, 0.2) is 5.76 Å². The number of aryl methyl sites for hydroxylation is 1. The van der Waals surface area contributed by atoms with Crippen LogP contribution in [-0.2, 0) is 13.0 Å². The normalized spacial score (nSPS) is 16.5. The summed E-state index contributed by atoms with van der Waals surface area (Å²) in [5, 5.41) is 4.24. The van der Waals surface area contributed by atoms with Gasteiger partial charge >= 0.3 is 0 Å². The molecule has 2 aromatic carbocycles. The van der Waals surface area contributed by atoms with E-state index in [1.807, 2.05) is 30.3 Å². The molecule has 1 atom stereocenters. The molecule has 4 heteroatoms. The van der Waals surface area contributed by atoms with Crippen LogP contribution in [0.4, 0.5) is 0 Å². The highest BCUT2D eigenvalue weighted by atomic mass is 16.5. The highest BCUT2D eigenvalue weighted by Gasteiger charge is 2.24. The van der Waals surface area contributed by atoms with E-state index in [1.165, 1.54) is 30.4 Å². The summed E-state index contributed by atoms with van der Waals surface area (Å²) in [6.07, 6.45) is 3.61. The average molecular weight is 348 g/mol. The van der Waals surface area contributed by atoms with Crippen molar-refractivity contribution in [1.29, 1.82) is 0 Å². The quantitative estimate of drug-likeness (QED) is 0.660. The summed E-state index contributed by atoms with van der Waals surface area (Å²) in [7, 11) is 3.84. The molecule has 0 saturated heterocycles. The van der Waals surface area contributed by atoms with Gasteiger partial charge in [-0.2, -0.15) is 0 Å². The smallest absolute Gasteiger partial charge is 0.151 e. The Morgan fingerprint density at radius 3 is 2.77 bits per heavy atom. The van der Waals surface area contributed by atoms with Gasteiger partial charge < -0.3 is 9.26 Å². The highest BCUT2D eigenvalue weighted by Crippen LogP contribution is 2.34. The first-order chi connectivity index (χ1) is 12.7. The molecule has 4 rings (SSSR count). The second-order valence-electron chi connectivity index (χ2n) is 6.93. The van der Waals surface area contributed by atoms with Crippen molar-refractivity contribution in [1.82, 2.24) is 10.1 Å². The van der Waals surface area contributed by atoms with E-state index in [9.17, 15) is 0 Å². The molecule has 1 aliphatic carbocycles. The number of methoxy groups -OCH3 is 1. The maximum atomic E-state index is 5.60. The molecule has 0 spiro atoms. The maximum Gasteiger partial charge on any atom is 0.151 e. The summed E-state index contributed by atoms with van der Waals surface area (Å²) in [4.78, 5) is 2.37. The minimum atomic E-state index is 0.439. The summed E-state index contributed by atoms with van der Waals surface area (Å²) >= 11 is 0. The van der Waals surface area contributed by atoms with Crippen molar-refractivity contribution in [2.75, 3.05) is 14.2 Å². The number of fused-ring (bicyclic) bond motifs is 1. The van der Waals surface area contributed by atoms with Gasteiger partial charge in [0.2, 0.25) is 0 Å². The maximum absolute atomic E-state index is 5.60. The lowest BCUT2D eigenvalue weighted by molar-refractivity contribution is 0.190. The summed E-state index contributed by atoms with van der Waals surface area (Å²) in [5.41, 5.74) is 4.83. The Hall–Kier alpha value is -2.59. The summed E-state index contributed by atoms with van der Waals surface area (Å²) in [6.45, 7) is 0.752. The topological polar surface area (TPSA) is 38.5 Å². The molecular formula is C22H24N2O2. The van der Waals surface area contributed by atoms with Crippen molar-refractivity contribution in [3.63, 3.8) is 0 Å². The third kappa shape index (κ3) is 3.37. The van der Waals surface area contributed by atoms with Gasteiger partial charge in [-0.3, -0.25) is 4.90 Å². The minimum Gasteiger partial charge on any atom is -0.497 e. The van der Waals surface area contributed by atoms with Gasteiger partial charge in [0.25, 0.3) is 0 Å². The van der Waals surface area contributed by atoms with Gasteiger partial charge in [-0.25, -0.2) is 0 Å². The number of ether oxygens (including phenoxy) is 1. The standard InChI is InChI=1S/C22H24N2O2/c1-24(22-9-5-7-16-6-3-4-8-20(16)22)15-19-14-21(23-26-19)17-10-12-18(25-2)13-11-17/h3-4,6,8,10-14,22H,5,7,9,15H2,1-2H3/t22-/m0/s1. The molecule has 1 heterocycles. The fraction of sp³-hybridized carbons (Fsp3) is 0.318. The second kappa shape index (κ2) is 7.34. The molecule has 0 aliphatic heterocycles. The molecular weight excluding hydrogens is 324 g/mol. The van der Waals surface area contributed by atoms with Crippen molar-refractivity contribution < 1.29 is 9.26 Å². The van der Waals surface area contributed by atoms with Crippen molar-refractivity contribution in [3.8, 4) is 17.0 Å². The van der Waals surface area contributed by atoms with Crippen LogP contribution in [0.25, 0.3) is 11.3 Å². The molecule has 0 radical (unpaired) electrons. The van der Waals surface area contributed by atoms with Crippen molar-refractivity contribution in [2.45, 2.75) is 31.8 Å². The summed E-state index contributed by atoms with van der Waals surface area (Å²) < 4.78 is 10.8. The Morgan fingerprint density at radius 1 is 1.15 bits per heavy atom. The monoisotopic (exact) mass is 348 g/mol. The number of benzene rings is 2. The Kier molecular flexibility index (Phi) is 4.76.